The first-order valence-corrected chi connectivity index (χ1v) is 16.3. The normalized spacial score (nSPS) is 13.5. The van der Waals surface area contributed by atoms with E-state index in [1.807, 2.05) is 12.3 Å². The Kier molecular flexibility index (Phi) is 5.37. The quantitative estimate of drug-likeness (QED) is 0.185. The van der Waals surface area contributed by atoms with Crippen LogP contribution in [0.4, 0.5) is 0 Å². The fourth-order valence-electron chi connectivity index (χ4n) is 8.15. The van der Waals surface area contributed by atoms with E-state index in [2.05, 4.69) is 152 Å². The van der Waals surface area contributed by atoms with Crippen molar-refractivity contribution >= 4 is 54.1 Å². The zero-order valence-corrected chi connectivity index (χ0v) is 26.3. The Labute approximate surface area is 273 Å². The number of nitrogens with zero attached hydrogens (tertiary/aromatic N) is 2. The Morgan fingerprint density at radius 3 is 1.87 bits per heavy atom. The van der Waals surface area contributed by atoms with Crippen molar-refractivity contribution in [3.05, 3.63) is 157 Å². The molecule has 2 nitrogen and oxygen atoms in total. The van der Waals surface area contributed by atoms with Gasteiger partial charge in [-0.25, -0.2) is 4.98 Å². The zero-order chi connectivity index (χ0) is 31.3. The molecule has 0 unspecified atom stereocenters. The summed E-state index contributed by atoms with van der Waals surface area (Å²) in [6.07, 6.45) is 1.85. The Morgan fingerprint density at radius 1 is 0.447 bits per heavy atom. The molecule has 10 rings (SSSR count). The summed E-state index contributed by atoms with van der Waals surface area (Å²) in [5.74, 6) is 0. The van der Waals surface area contributed by atoms with Gasteiger partial charge in [-0.05, 0) is 90.0 Å². The minimum Gasteiger partial charge on any atom is -0.254 e. The highest BCUT2D eigenvalue weighted by Gasteiger charge is 2.37. The summed E-state index contributed by atoms with van der Waals surface area (Å²) in [5, 5.41) is 10.0. The summed E-state index contributed by atoms with van der Waals surface area (Å²) in [7, 11) is 0. The van der Waals surface area contributed by atoms with Crippen LogP contribution in [0.1, 0.15) is 25.0 Å². The Bertz CT molecular complexity index is 2740. The van der Waals surface area contributed by atoms with Gasteiger partial charge in [0.15, 0.2) is 0 Å². The molecule has 7 aromatic carbocycles. The van der Waals surface area contributed by atoms with Crippen LogP contribution in [0.15, 0.2) is 146 Å². The van der Waals surface area contributed by atoms with Crippen LogP contribution < -0.4 is 0 Å². The highest BCUT2D eigenvalue weighted by atomic mass is 14.8. The van der Waals surface area contributed by atoms with Gasteiger partial charge in [0.25, 0.3) is 0 Å². The van der Waals surface area contributed by atoms with Gasteiger partial charge in [0.05, 0.1) is 16.7 Å². The van der Waals surface area contributed by atoms with E-state index in [1.54, 1.807) is 0 Å². The minimum atomic E-state index is -0.151. The third-order valence-corrected chi connectivity index (χ3v) is 10.5. The average Bonchev–Trinajstić information content (AvgIpc) is 3.37. The molecule has 0 aliphatic heterocycles. The van der Waals surface area contributed by atoms with Gasteiger partial charge < -0.3 is 0 Å². The van der Waals surface area contributed by atoms with Crippen molar-refractivity contribution in [1.29, 1.82) is 0 Å². The van der Waals surface area contributed by atoms with E-state index >= 15 is 0 Å². The second-order valence-electron chi connectivity index (χ2n) is 13.4. The molecule has 1 aliphatic carbocycles. The molecule has 0 fully saturated rings. The molecule has 0 amide bonds. The molecule has 9 aromatic rings. The maximum absolute atomic E-state index is 5.17. The van der Waals surface area contributed by atoms with Crippen molar-refractivity contribution in [3.8, 4) is 33.5 Å². The molecule has 0 radical (unpaired) electrons. The summed E-state index contributed by atoms with van der Waals surface area (Å²) >= 11 is 0. The lowest BCUT2D eigenvalue weighted by atomic mass is 9.81. The Morgan fingerprint density at radius 2 is 1.11 bits per heavy atom. The maximum Gasteiger partial charge on any atom is 0.0972 e. The van der Waals surface area contributed by atoms with E-state index in [9.17, 15) is 0 Å². The molecule has 0 atom stereocenters. The van der Waals surface area contributed by atoms with Crippen LogP contribution in [-0.4, -0.2) is 9.97 Å². The second-order valence-corrected chi connectivity index (χ2v) is 13.4. The topological polar surface area (TPSA) is 25.8 Å². The third-order valence-electron chi connectivity index (χ3n) is 10.5. The maximum atomic E-state index is 5.17. The predicted octanol–water partition coefficient (Wildman–Crippen LogP) is 11.9. The van der Waals surface area contributed by atoms with Gasteiger partial charge >= 0.3 is 0 Å². The van der Waals surface area contributed by atoms with Crippen LogP contribution >= 0.6 is 0 Å². The first kappa shape index (κ1) is 26.4. The fourth-order valence-corrected chi connectivity index (χ4v) is 8.15. The summed E-state index contributed by atoms with van der Waals surface area (Å²) < 4.78 is 0. The van der Waals surface area contributed by atoms with Crippen molar-refractivity contribution < 1.29 is 0 Å². The average molecular weight is 599 g/mol. The molecule has 0 spiro atoms. The Hall–Kier alpha value is -5.86. The molecule has 2 aromatic heterocycles. The number of rotatable bonds is 2. The molecule has 2 heteroatoms. The van der Waals surface area contributed by atoms with Crippen LogP contribution in [0.5, 0.6) is 0 Å². The molecule has 0 saturated carbocycles. The van der Waals surface area contributed by atoms with Crippen molar-refractivity contribution in [2.45, 2.75) is 19.3 Å². The smallest absolute Gasteiger partial charge is 0.0972 e. The minimum absolute atomic E-state index is 0.151. The Balaban J connectivity index is 1.16. The first-order chi connectivity index (χ1) is 23.1. The van der Waals surface area contributed by atoms with Gasteiger partial charge in [0.2, 0.25) is 0 Å². The largest absolute Gasteiger partial charge is 0.254 e. The van der Waals surface area contributed by atoms with Crippen LogP contribution in [0.25, 0.3) is 87.6 Å². The monoisotopic (exact) mass is 598 g/mol. The number of hydrogen-bond acceptors (Lipinski definition) is 2. The van der Waals surface area contributed by atoms with E-state index < -0.39 is 0 Å². The van der Waals surface area contributed by atoms with Gasteiger partial charge in [-0.15, -0.1) is 0 Å². The number of hydrogen-bond donors (Lipinski definition) is 0. The third kappa shape index (κ3) is 3.73. The van der Waals surface area contributed by atoms with Gasteiger partial charge in [0, 0.05) is 27.9 Å². The number of aromatic nitrogens is 2. The van der Waals surface area contributed by atoms with Gasteiger partial charge in [-0.3, -0.25) is 4.98 Å². The SMILES string of the molecule is CC1(C)c2cc(-c3ccc4ccc5cccnc5c4n3)ccc2-c2c(-c3ccc4c5ccccc5c5ccccc5c4c3)cccc21. The lowest BCUT2D eigenvalue weighted by Gasteiger charge is -2.22. The van der Waals surface area contributed by atoms with Crippen LogP contribution in [0.3, 0.4) is 0 Å². The predicted molar refractivity (Wildman–Crippen MR) is 198 cm³/mol. The van der Waals surface area contributed by atoms with E-state index in [1.165, 1.54) is 65.7 Å². The van der Waals surface area contributed by atoms with Gasteiger partial charge in [-0.1, -0.05) is 129 Å². The molecular weight excluding hydrogens is 569 g/mol. The zero-order valence-electron chi connectivity index (χ0n) is 26.3. The van der Waals surface area contributed by atoms with E-state index in [0.29, 0.717) is 0 Å². The van der Waals surface area contributed by atoms with Crippen LogP contribution in [0, 0.1) is 0 Å². The standard InChI is InChI=1S/C45H30N2/c1-45(2)39-15-7-14-31(29-18-21-36-34-12-4-3-10-32(34)33-11-5-6-13-35(33)38(36)25-29)42(39)37-22-19-30(26-40(37)45)41-23-20-28-17-16-27-9-8-24-46-43(27)44(28)47-41/h3-26H,1-2H3. The number of benzene rings is 7. The lowest BCUT2D eigenvalue weighted by molar-refractivity contribution is 0.660. The van der Waals surface area contributed by atoms with Crippen molar-refractivity contribution in [3.63, 3.8) is 0 Å². The molecular formula is C45H30N2. The van der Waals surface area contributed by atoms with Gasteiger partial charge in [0.1, 0.15) is 0 Å². The number of fused-ring (bicyclic) bond motifs is 12. The molecule has 2 heterocycles. The lowest BCUT2D eigenvalue weighted by Crippen LogP contribution is -2.15. The van der Waals surface area contributed by atoms with E-state index in [4.69, 9.17) is 4.98 Å². The van der Waals surface area contributed by atoms with E-state index in [0.717, 1.165) is 33.1 Å². The highest BCUT2D eigenvalue weighted by Crippen LogP contribution is 2.53. The first-order valence-electron chi connectivity index (χ1n) is 16.3. The van der Waals surface area contributed by atoms with Crippen LogP contribution in [-0.2, 0) is 5.41 Å². The van der Waals surface area contributed by atoms with Crippen molar-refractivity contribution in [2.75, 3.05) is 0 Å². The summed E-state index contributed by atoms with van der Waals surface area (Å²) in [5.41, 5.74) is 11.7. The van der Waals surface area contributed by atoms with Crippen LogP contribution in [0.2, 0.25) is 0 Å². The van der Waals surface area contributed by atoms with E-state index in [-0.39, 0.29) is 5.41 Å². The number of pyridine rings is 2. The van der Waals surface area contributed by atoms with Crippen molar-refractivity contribution in [2.24, 2.45) is 0 Å². The highest BCUT2D eigenvalue weighted by molar-refractivity contribution is 6.25. The summed E-state index contributed by atoms with van der Waals surface area (Å²) in [4.78, 5) is 9.85. The molecule has 1 aliphatic rings. The molecule has 47 heavy (non-hydrogen) atoms. The second kappa shape index (κ2) is 9.57. The fraction of sp³-hybridized carbons (Fsp3) is 0.0667. The van der Waals surface area contributed by atoms with Gasteiger partial charge in [-0.2, -0.15) is 0 Å². The summed E-state index contributed by atoms with van der Waals surface area (Å²) in [6, 6.07) is 51.1. The molecule has 0 saturated heterocycles. The molecule has 0 N–H and O–H groups in total. The molecule has 220 valence electrons. The van der Waals surface area contributed by atoms with Crippen molar-refractivity contribution in [1.82, 2.24) is 9.97 Å². The summed E-state index contributed by atoms with van der Waals surface area (Å²) in [6.45, 7) is 4.72. The molecule has 0 bridgehead atoms.